The summed E-state index contributed by atoms with van der Waals surface area (Å²) < 4.78 is 42.1. The zero-order chi connectivity index (χ0) is 14.8. The molecular formula is C15H13F2NO3. The van der Waals surface area contributed by atoms with E-state index in [1.165, 1.54) is 6.07 Å². The molecule has 110 valence electrons. The Morgan fingerprint density at radius 2 is 2.00 bits per heavy atom. The number of anilines is 1. The molecule has 0 unspecified atom stereocenters. The van der Waals surface area contributed by atoms with Crippen LogP contribution in [0.2, 0.25) is 0 Å². The second-order valence-corrected chi connectivity index (χ2v) is 4.64. The fourth-order valence-electron chi connectivity index (χ4n) is 2.16. The molecule has 0 fully saturated rings. The number of nitrogens with two attached hydrogens (primary N) is 1. The van der Waals surface area contributed by atoms with Crippen molar-refractivity contribution < 1.29 is 23.0 Å². The van der Waals surface area contributed by atoms with Crippen molar-refractivity contribution in [3.63, 3.8) is 0 Å². The van der Waals surface area contributed by atoms with E-state index < -0.39 is 11.6 Å². The van der Waals surface area contributed by atoms with Crippen LogP contribution in [-0.4, -0.2) is 6.79 Å². The van der Waals surface area contributed by atoms with Crippen molar-refractivity contribution in [2.24, 2.45) is 0 Å². The molecule has 0 atom stereocenters. The maximum Gasteiger partial charge on any atom is 0.189 e. The van der Waals surface area contributed by atoms with Crippen LogP contribution in [0.4, 0.5) is 14.5 Å². The van der Waals surface area contributed by atoms with E-state index in [1.54, 1.807) is 12.1 Å². The van der Waals surface area contributed by atoms with Gasteiger partial charge in [0.1, 0.15) is 18.1 Å². The number of halogens is 2. The summed E-state index contributed by atoms with van der Waals surface area (Å²) in [5.74, 6) is -0.967. The predicted octanol–water partition coefficient (Wildman–Crippen LogP) is 2.99. The molecule has 0 aliphatic carbocycles. The standard InChI is InChI=1S/C15H13F2NO3/c16-13-2-1-12(5-14(13)17)20-7-10-4-11(18)3-9-6-19-8-21-15(9)10/h1-5H,6-8,18H2. The lowest BCUT2D eigenvalue weighted by atomic mass is 10.1. The molecule has 4 nitrogen and oxygen atoms in total. The number of fused-ring (bicyclic) bond motifs is 1. The van der Waals surface area contributed by atoms with Crippen molar-refractivity contribution >= 4 is 5.69 Å². The van der Waals surface area contributed by atoms with Crippen molar-refractivity contribution in [2.75, 3.05) is 12.5 Å². The van der Waals surface area contributed by atoms with E-state index in [0.29, 0.717) is 18.0 Å². The molecule has 0 spiro atoms. The third-order valence-electron chi connectivity index (χ3n) is 3.09. The molecule has 2 aromatic carbocycles. The van der Waals surface area contributed by atoms with E-state index in [1.807, 2.05) is 0 Å². The highest BCUT2D eigenvalue weighted by atomic mass is 19.2. The van der Waals surface area contributed by atoms with Gasteiger partial charge in [0, 0.05) is 22.9 Å². The van der Waals surface area contributed by atoms with Crippen LogP contribution in [-0.2, 0) is 18.0 Å². The van der Waals surface area contributed by atoms with Crippen LogP contribution in [0.5, 0.6) is 11.5 Å². The Balaban J connectivity index is 1.81. The molecule has 3 rings (SSSR count). The summed E-state index contributed by atoms with van der Waals surface area (Å²) in [7, 11) is 0. The summed E-state index contributed by atoms with van der Waals surface area (Å²) in [6, 6.07) is 6.88. The van der Waals surface area contributed by atoms with E-state index in [4.69, 9.17) is 19.9 Å². The highest BCUT2D eigenvalue weighted by molar-refractivity contribution is 5.53. The van der Waals surface area contributed by atoms with E-state index >= 15 is 0 Å². The van der Waals surface area contributed by atoms with Gasteiger partial charge in [0.05, 0.1) is 6.61 Å². The van der Waals surface area contributed by atoms with Gasteiger partial charge in [-0.1, -0.05) is 0 Å². The van der Waals surface area contributed by atoms with Gasteiger partial charge in [-0.2, -0.15) is 0 Å². The number of hydrogen-bond acceptors (Lipinski definition) is 4. The van der Waals surface area contributed by atoms with Gasteiger partial charge >= 0.3 is 0 Å². The maximum atomic E-state index is 13.1. The largest absolute Gasteiger partial charge is 0.489 e. The summed E-state index contributed by atoms with van der Waals surface area (Å²) in [5.41, 5.74) is 7.95. The van der Waals surface area contributed by atoms with Crippen molar-refractivity contribution in [1.82, 2.24) is 0 Å². The fourth-order valence-corrected chi connectivity index (χ4v) is 2.16. The number of rotatable bonds is 3. The molecule has 2 N–H and O–H groups in total. The lowest BCUT2D eigenvalue weighted by Gasteiger charge is -2.21. The first-order valence-corrected chi connectivity index (χ1v) is 6.33. The minimum absolute atomic E-state index is 0.137. The van der Waals surface area contributed by atoms with Gasteiger partial charge < -0.3 is 19.9 Å². The van der Waals surface area contributed by atoms with Gasteiger partial charge in [0.25, 0.3) is 0 Å². The van der Waals surface area contributed by atoms with Crippen molar-refractivity contribution in [3.8, 4) is 11.5 Å². The molecule has 0 bridgehead atoms. The van der Waals surface area contributed by atoms with Crippen LogP contribution in [0.15, 0.2) is 30.3 Å². The van der Waals surface area contributed by atoms with Crippen LogP contribution in [0, 0.1) is 11.6 Å². The monoisotopic (exact) mass is 293 g/mol. The van der Waals surface area contributed by atoms with E-state index in [-0.39, 0.29) is 19.1 Å². The summed E-state index contributed by atoms with van der Waals surface area (Å²) >= 11 is 0. The Morgan fingerprint density at radius 1 is 1.14 bits per heavy atom. The lowest BCUT2D eigenvalue weighted by Crippen LogP contribution is -2.14. The first-order chi connectivity index (χ1) is 10.1. The molecule has 21 heavy (non-hydrogen) atoms. The first-order valence-electron chi connectivity index (χ1n) is 6.33. The van der Waals surface area contributed by atoms with E-state index in [2.05, 4.69) is 0 Å². The highest BCUT2D eigenvalue weighted by Crippen LogP contribution is 2.31. The number of ether oxygens (including phenoxy) is 3. The van der Waals surface area contributed by atoms with E-state index in [9.17, 15) is 8.78 Å². The fraction of sp³-hybridized carbons (Fsp3) is 0.200. The summed E-state index contributed by atoms with van der Waals surface area (Å²) in [5, 5.41) is 0. The molecule has 0 amide bonds. The van der Waals surface area contributed by atoms with Crippen LogP contribution in [0.1, 0.15) is 11.1 Å². The number of benzene rings is 2. The molecule has 2 aromatic rings. The van der Waals surface area contributed by atoms with Gasteiger partial charge in [-0.15, -0.1) is 0 Å². The molecule has 1 aliphatic heterocycles. The molecule has 1 aliphatic rings. The normalized spacial score (nSPS) is 13.4. The van der Waals surface area contributed by atoms with E-state index in [0.717, 1.165) is 23.3 Å². The minimum atomic E-state index is -0.952. The van der Waals surface area contributed by atoms with Crippen molar-refractivity contribution in [1.29, 1.82) is 0 Å². The second kappa shape index (κ2) is 5.57. The molecule has 0 saturated carbocycles. The first kappa shape index (κ1) is 13.6. The smallest absolute Gasteiger partial charge is 0.189 e. The molecule has 6 heteroatoms. The molecule has 1 heterocycles. The highest BCUT2D eigenvalue weighted by Gasteiger charge is 2.16. The van der Waals surface area contributed by atoms with Gasteiger partial charge in [-0.05, 0) is 24.3 Å². The zero-order valence-corrected chi connectivity index (χ0v) is 11.1. The third-order valence-corrected chi connectivity index (χ3v) is 3.09. The number of hydrogen-bond donors (Lipinski definition) is 1. The Bertz CT molecular complexity index is 676. The Kier molecular flexibility index (Phi) is 3.62. The van der Waals surface area contributed by atoms with Crippen LogP contribution in [0.25, 0.3) is 0 Å². The predicted molar refractivity (Wildman–Crippen MR) is 71.8 cm³/mol. The Labute approximate surface area is 120 Å². The molecule has 0 saturated heterocycles. The molecule has 0 aromatic heterocycles. The number of nitrogen functional groups attached to an aromatic ring is 1. The van der Waals surface area contributed by atoms with Crippen molar-refractivity contribution in [2.45, 2.75) is 13.2 Å². The van der Waals surface area contributed by atoms with Crippen LogP contribution in [0.3, 0.4) is 0 Å². The van der Waals surface area contributed by atoms with Gasteiger partial charge in [-0.3, -0.25) is 0 Å². The molecule has 0 radical (unpaired) electrons. The quantitative estimate of drug-likeness (QED) is 0.884. The average molecular weight is 293 g/mol. The average Bonchev–Trinajstić information content (AvgIpc) is 2.48. The van der Waals surface area contributed by atoms with Gasteiger partial charge in [0.2, 0.25) is 0 Å². The SMILES string of the molecule is Nc1cc2c(c(COc3ccc(F)c(F)c3)c1)OCOC2. The zero-order valence-electron chi connectivity index (χ0n) is 11.1. The summed E-state index contributed by atoms with van der Waals surface area (Å²) in [6.45, 7) is 0.714. The Morgan fingerprint density at radius 3 is 2.81 bits per heavy atom. The van der Waals surface area contributed by atoms with Crippen LogP contribution >= 0.6 is 0 Å². The lowest BCUT2D eigenvalue weighted by molar-refractivity contribution is -0.0175. The second-order valence-electron chi connectivity index (χ2n) is 4.64. The summed E-state index contributed by atoms with van der Waals surface area (Å²) in [6.07, 6.45) is 0. The van der Waals surface area contributed by atoms with Gasteiger partial charge in [-0.25, -0.2) is 8.78 Å². The maximum absolute atomic E-state index is 13.1. The summed E-state index contributed by atoms with van der Waals surface area (Å²) in [4.78, 5) is 0. The topological polar surface area (TPSA) is 53.7 Å². The Hall–Kier alpha value is -2.34. The molecular weight excluding hydrogens is 280 g/mol. The van der Waals surface area contributed by atoms with Crippen LogP contribution < -0.4 is 15.2 Å². The van der Waals surface area contributed by atoms with Gasteiger partial charge in [0.15, 0.2) is 18.4 Å². The van der Waals surface area contributed by atoms with Crippen molar-refractivity contribution in [3.05, 3.63) is 53.1 Å². The minimum Gasteiger partial charge on any atom is -0.489 e. The third kappa shape index (κ3) is 2.90.